The second-order valence-electron chi connectivity index (χ2n) is 5.69. The fourth-order valence-electron chi connectivity index (χ4n) is 2.08. The van der Waals surface area contributed by atoms with Crippen molar-refractivity contribution in [1.29, 1.82) is 0 Å². The van der Waals surface area contributed by atoms with E-state index in [0.717, 1.165) is 11.1 Å². The molecule has 0 aliphatic carbocycles. The van der Waals surface area contributed by atoms with Gasteiger partial charge < -0.3 is 14.7 Å². The molecule has 0 radical (unpaired) electrons. The number of aromatic hydroxyl groups is 1. The zero-order valence-electron chi connectivity index (χ0n) is 11.4. The van der Waals surface area contributed by atoms with Gasteiger partial charge in [0.2, 0.25) is 0 Å². The molecule has 1 heterocycles. The van der Waals surface area contributed by atoms with Crippen LogP contribution in [0.1, 0.15) is 31.9 Å². The van der Waals surface area contributed by atoms with Gasteiger partial charge in [-0.25, -0.2) is 4.79 Å². The minimum atomic E-state index is -0.496. The maximum Gasteiger partial charge on any atom is 0.410 e. The summed E-state index contributed by atoms with van der Waals surface area (Å²) in [5, 5.41) is 9.96. The van der Waals surface area contributed by atoms with Crippen molar-refractivity contribution in [3.63, 3.8) is 0 Å². The number of carbonyl (C=O) groups excluding carboxylic acids is 1. The van der Waals surface area contributed by atoms with Gasteiger partial charge in [-0.3, -0.25) is 0 Å². The van der Waals surface area contributed by atoms with Crippen molar-refractivity contribution in [2.75, 3.05) is 6.54 Å². The second-order valence-corrected chi connectivity index (χ2v) is 6.07. The lowest BCUT2D eigenvalue weighted by Gasteiger charge is -2.31. The van der Waals surface area contributed by atoms with E-state index in [2.05, 4.69) is 0 Å². The molecule has 1 aromatic carbocycles. The highest BCUT2D eigenvalue weighted by Gasteiger charge is 2.27. The van der Waals surface area contributed by atoms with Gasteiger partial charge in [0.05, 0.1) is 5.02 Å². The van der Waals surface area contributed by atoms with Gasteiger partial charge in [0.25, 0.3) is 0 Å². The summed E-state index contributed by atoms with van der Waals surface area (Å²) in [6.07, 6.45) is 0.310. The molecule has 1 N–H and O–H groups in total. The van der Waals surface area contributed by atoms with Gasteiger partial charge in [0, 0.05) is 13.1 Å². The molecule has 0 spiro atoms. The molecule has 0 saturated heterocycles. The van der Waals surface area contributed by atoms with Crippen LogP contribution >= 0.6 is 11.6 Å². The number of rotatable bonds is 0. The number of amides is 1. The third-order valence-corrected chi connectivity index (χ3v) is 3.39. The van der Waals surface area contributed by atoms with Gasteiger partial charge in [-0.2, -0.15) is 0 Å². The molecule has 0 aromatic heterocycles. The Morgan fingerprint density at radius 2 is 2.11 bits per heavy atom. The Labute approximate surface area is 117 Å². The standard InChI is InChI=1S/C14H18ClNO3/c1-14(2,3)19-13(18)16-7-6-10-9(8-16)4-5-11(17)12(10)15/h4-5,17H,6-8H2,1-3H3. The molecule has 104 valence electrons. The molecule has 5 heteroatoms. The molecule has 0 bridgehead atoms. The van der Waals surface area contributed by atoms with E-state index in [1.54, 1.807) is 17.0 Å². The van der Waals surface area contributed by atoms with Crippen LogP contribution < -0.4 is 0 Å². The average Bonchev–Trinajstić information content (AvgIpc) is 2.31. The van der Waals surface area contributed by atoms with Crippen LogP contribution in [0.4, 0.5) is 4.79 Å². The predicted octanol–water partition coefficient (Wildman–Crippen LogP) is 3.34. The maximum absolute atomic E-state index is 12.0. The quantitative estimate of drug-likeness (QED) is 0.794. The number of benzene rings is 1. The van der Waals surface area contributed by atoms with Crippen molar-refractivity contribution < 1.29 is 14.6 Å². The summed E-state index contributed by atoms with van der Waals surface area (Å²) in [7, 11) is 0. The zero-order chi connectivity index (χ0) is 14.2. The van der Waals surface area contributed by atoms with Crippen molar-refractivity contribution in [1.82, 2.24) is 4.90 Å². The predicted molar refractivity (Wildman–Crippen MR) is 73.5 cm³/mol. The van der Waals surface area contributed by atoms with E-state index in [0.29, 0.717) is 24.5 Å². The van der Waals surface area contributed by atoms with Gasteiger partial charge in [-0.1, -0.05) is 17.7 Å². The first kappa shape index (κ1) is 14.0. The lowest BCUT2D eigenvalue weighted by molar-refractivity contribution is 0.0224. The maximum atomic E-state index is 12.0. The highest BCUT2D eigenvalue weighted by Crippen LogP contribution is 2.33. The Morgan fingerprint density at radius 1 is 1.42 bits per heavy atom. The fraction of sp³-hybridized carbons (Fsp3) is 0.500. The number of hydrogen-bond donors (Lipinski definition) is 1. The third kappa shape index (κ3) is 3.13. The van der Waals surface area contributed by atoms with Gasteiger partial charge in [0.15, 0.2) is 0 Å². The van der Waals surface area contributed by atoms with Crippen LogP contribution in [0.2, 0.25) is 5.02 Å². The highest BCUT2D eigenvalue weighted by molar-refractivity contribution is 6.32. The SMILES string of the molecule is CC(C)(C)OC(=O)N1CCc2c(ccc(O)c2Cl)C1. The lowest BCUT2D eigenvalue weighted by atomic mass is 9.99. The highest BCUT2D eigenvalue weighted by atomic mass is 35.5. The molecule has 4 nitrogen and oxygen atoms in total. The van der Waals surface area contributed by atoms with Crippen LogP contribution in [0.15, 0.2) is 12.1 Å². The van der Waals surface area contributed by atoms with Crippen molar-refractivity contribution in [2.24, 2.45) is 0 Å². The van der Waals surface area contributed by atoms with Crippen LogP contribution in [0.5, 0.6) is 5.75 Å². The summed E-state index contributed by atoms with van der Waals surface area (Å²) in [6.45, 7) is 6.54. The van der Waals surface area contributed by atoms with E-state index in [9.17, 15) is 9.90 Å². The van der Waals surface area contributed by atoms with E-state index < -0.39 is 5.60 Å². The summed E-state index contributed by atoms with van der Waals surface area (Å²) in [6, 6.07) is 3.35. The molecular formula is C14H18ClNO3. The molecule has 1 amide bonds. The van der Waals surface area contributed by atoms with Crippen LogP contribution in [0, 0.1) is 0 Å². The zero-order valence-corrected chi connectivity index (χ0v) is 12.1. The Morgan fingerprint density at radius 3 is 2.74 bits per heavy atom. The summed E-state index contributed by atoms with van der Waals surface area (Å²) in [5.74, 6) is 0.0890. The first-order valence-electron chi connectivity index (χ1n) is 6.25. The van der Waals surface area contributed by atoms with Crippen molar-refractivity contribution in [2.45, 2.75) is 39.3 Å². The van der Waals surface area contributed by atoms with Gasteiger partial charge >= 0.3 is 6.09 Å². The number of halogens is 1. The average molecular weight is 284 g/mol. The molecule has 0 saturated carbocycles. The van der Waals surface area contributed by atoms with Crippen molar-refractivity contribution >= 4 is 17.7 Å². The molecule has 0 unspecified atom stereocenters. The molecule has 0 atom stereocenters. The van der Waals surface area contributed by atoms with Crippen molar-refractivity contribution in [3.8, 4) is 5.75 Å². The number of carbonyl (C=O) groups is 1. The Hall–Kier alpha value is -1.42. The van der Waals surface area contributed by atoms with E-state index in [1.165, 1.54) is 0 Å². The third-order valence-electron chi connectivity index (χ3n) is 2.96. The number of fused-ring (bicyclic) bond motifs is 1. The topological polar surface area (TPSA) is 49.8 Å². The monoisotopic (exact) mass is 283 g/mol. The van der Waals surface area contributed by atoms with Crippen LogP contribution in [0.3, 0.4) is 0 Å². The van der Waals surface area contributed by atoms with E-state index in [4.69, 9.17) is 16.3 Å². The minimum Gasteiger partial charge on any atom is -0.506 e. The minimum absolute atomic E-state index is 0.0890. The first-order chi connectivity index (χ1) is 8.78. The molecule has 1 aliphatic rings. The van der Waals surface area contributed by atoms with Gasteiger partial charge in [-0.15, -0.1) is 0 Å². The Bertz CT molecular complexity index is 508. The number of nitrogens with zero attached hydrogens (tertiary/aromatic N) is 1. The first-order valence-corrected chi connectivity index (χ1v) is 6.63. The fourth-order valence-corrected chi connectivity index (χ4v) is 2.36. The summed E-state index contributed by atoms with van der Waals surface area (Å²) < 4.78 is 5.35. The Kier molecular flexibility index (Phi) is 3.63. The summed E-state index contributed by atoms with van der Waals surface area (Å²) >= 11 is 6.06. The van der Waals surface area contributed by atoms with Gasteiger partial charge in [-0.05, 0) is 44.4 Å². The van der Waals surface area contributed by atoms with Crippen LogP contribution in [-0.2, 0) is 17.7 Å². The van der Waals surface area contributed by atoms with Crippen LogP contribution in [0.25, 0.3) is 0 Å². The van der Waals surface area contributed by atoms with E-state index in [1.807, 2.05) is 20.8 Å². The van der Waals surface area contributed by atoms with Gasteiger partial charge in [0.1, 0.15) is 11.4 Å². The molecular weight excluding hydrogens is 266 g/mol. The largest absolute Gasteiger partial charge is 0.506 e. The molecule has 1 aromatic rings. The molecule has 19 heavy (non-hydrogen) atoms. The smallest absolute Gasteiger partial charge is 0.410 e. The lowest BCUT2D eigenvalue weighted by Crippen LogP contribution is -2.39. The number of hydrogen-bond acceptors (Lipinski definition) is 3. The van der Waals surface area contributed by atoms with E-state index >= 15 is 0 Å². The summed E-state index contributed by atoms with van der Waals surface area (Å²) in [4.78, 5) is 13.7. The second kappa shape index (κ2) is 4.93. The number of ether oxygens (including phenoxy) is 1. The van der Waals surface area contributed by atoms with Crippen LogP contribution in [-0.4, -0.2) is 28.2 Å². The van der Waals surface area contributed by atoms with Crippen molar-refractivity contribution in [3.05, 3.63) is 28.3 Å². The molecule has 0 fully saturated rings. The molecule has 1 aliphatic heterocycles. The number of phenols is 1. The summed E-state index contributed by atoms with van der Waals surface area (Å²) in [5.41, 5.74) is 1.38. The Balaban J connectivity index is 2.15. The normalized spacial score (nSPS) is 15.1. The van der Waals surface area contributed by atoms with E-state index in [-0.39, 0.29) is 11.8 Å². The molecule has 2 rings (SSSR count). The number of phenolic OH excluding ortho intramolecular Hbond substituents is 1.